The van der Waals surface area contributed by atoms with Crippen LogP contribution in [0.3, 0.4) is 0 Å². The summed E-state index contributed by atoms with van der Waals surface area (Å²) in [5, 5.41) is 8.25. The molecule has 0 radical (unpaired) electrons. The number of aromatic nitrogens is 1. The molecule has 0 saturated carbocycles. The molecule has 152 valence electrons. The number of rotatable bonds is 7. The highest BCUT2D eigenvalue weighted by Crippen LogP contribution is 2.35. The quantitative estimate of drug-likeness (QED) is 0.706. The molecule has 2 atom stereocenters. The lowest BCUT2D eigenvalue weighted by Gasteiger charge is -2.20. The van der Waals surface area contributed by atoms with Crippen LogP contribution in [-0.4, -0.2) is 51.0 Å². The predicted octanol–water partition coefficient (Wildman–Crippen LogP) is 2.85. The summed E-state index contributed by atoms with van der Waals surface area (Å²) < 4.78 is 57.7. The maximum Gasteiger partial charge on any atom is 0.422 e. The highest BCUT2D eigenvalue weighted by Gasteiger charge is 2.42. The van der Waals surface area contributed by atoms with Crippen molar-refractivity contribution in [2.24, 2.45) is 0 Å². The first kappa shape index (κ1) is 20.9. The fourth-order valence-electron chi connectivity index (χ4n) is 3.08. The summed E-state index contributed by atoms with van der Waals surface area (Å²) in [5.74, 6) is 0.680. The topological polar surface area (TPSA) is 68.7 Å². The summed E-state index contributed by atoms with van der Waals surface area (Å²) in [4.78, 5) is 5.78. The molecule has 0 aliphatic carbocycles. The van der Waals surface area contributed by atoms with Crippen molar-refractivity contribution < 1.29 is 27.6 Å². The molecule has 1 aromatic carbocycles. The zero-order valence-corrected chi connectivity index (χ0v) is 15.9. The van der Waals surface area contributed by atoms with Gasteiger partial charge in [-0.2, -0.15) is 13.2 Å². The number of pyridine rings is 1. The number of aliphatic hydroxyl groups excluding tert-OH is 1. The van der Waals surface area contributed by atoms with Crippen molar-refractivity contribution in [3.05, 3.63) is 53.7 Å². The van der Waals surface area contributed by atoms with Gasteiger partial charge in [0.2, 0.25) is 0 Å². The molecule has 1 N–H and O–H groups in total. The van der Waals surface area contributed by atoms with Crippen LogP contribution in [-0.2, 0) is 24.0 Å². The number of halogens is 3. The van der Waals surface area contributed by atoms with Gasteiger partial charge in [0.05, 0.1) is 6.61 Å². The SMILES string of the molecule is [O-][S@@+](c1ncccc1C(F)(F)F)[C@H]1CCN(CCOc2ccc(CO)cc2)C1. The van der Waals surface area contributed by atoms with E-state index in [4.69, 9.17) is 9.84 Å². The van der Waals surface area contributed by atoms with E-state index in [-0.39, 0.29) is 16.9 Å². The van der Waals surface area contributed by atoms with E-state index in [0.717, 1.165) is 11.6 Å². The Bertz CT molecular complexity index is 774. The molecular weight excluding hydrogens is 393 g/mol. The smallest absolute Gasteiger partial charge is 0.422 e. The van der Waals surface area contributed by atoms with Crippen LogP contribution in [0.5, 0.6) is 5.75 Å². The van der Waals surface area contributed by atoms with E-state index in [0.29, 0.717) is 38.4 Å². The number of likely N-dealkylation sites (tertiary alicyclic amines) is 1. The van der Waals surface area contributed by atoms with Crippen LogP contribution in [0.1, 0.15) is 17.5 Å². The van der Waals surface area contributed by atoms with Crippen LogP contribution >= 0.6 is 0 Å². The van der Waals surface area contributed by atoms with Gasteiger partial charge >= 0.3 is 6.18 Å². The first-order valence-electron chi connectivity index (χ1n) is 8.86. The second kappa shape index (κ2) is 9.13. The van der Waals surface area contributed by atoms with E-state index in [1.54, 1.807) is 24.3 Å². The van der Waals surface area contributed by atoms with Crippen molar-refractivity contribution in [2.45, 2.75) is 29.5 Å². The molecule has 1 saturated heterocycles. The number of aliphatic hydroxyl groups is 1. The largest absolute Gasteiger partial charge is 0.610 e. The van der Waals surface area contributed by atoms with Crippen molar-refractivity contribution in [3.63, 3.8) is 0 Å². The lowest BCUT2D eigenvalue weighted by atomic mass is 10.2. The van der Waals surface area contributed by atoms with Crippen LogP contribution in [0.4, 0.5) is 13.2 Å². The first-order valence-corrected chi connectivity index (χ1v) is 10.1. The van der Waals surface area contributed by atoms with E-state index in [2.05, 4.69) is 4.98 Å². The third kappa shape index (κ3) is 5.16. The summed E-state index contributed by atoms with van der Waals surface area (Å²) in [7, 11) is 0. The highest BCUT2D eigenvalue weighted by atomic mass is 32.2. The average Bonchev–Trinajstić information content (AvgIpc) is 3.16. The van der Waals surface area contributed by atoms with Gasteiger partial charge in [-0.3, -0.25) is 4.90 Å². The molecular formula is C19H21F3N2O3S. The molecule has 0 spiro atoms. The van der Waals surface area contributed by atoms with Crippen molar-refractivity contribution in [3.8, 4) is 5.75 Å². The van der Waals surface area contributed by atoms with Gasteiger partial charge in [0, 0.05) is 43.4 Å². The molecule has 1 aliphatic heterocycles. The van der Waals surface area contributed by atoms with Gasteiger partial charge in [-0.1, -0.05) is 12.1 Å². The number of hydrogen-bond acceptors (Lipinski definition) is 5. The molecule has 0 bridgehead atoms. The Morgan fingerprint density at radius 2 is 2.00 bits per heavy atom. The van der Waals surface area contributed by atoms with Crippen molar-refractivity contribution in [1.82, 2.24) is 9.88 Å². The van der Waals surface area contributed by atoms with E-state index < -0.39 is 22.9 Å². The van der Waals surface area contributed by atoms with Crippen molar-refractivity contribution >= 4 is 11.2 Å². The maximum atomic E-state index is 13.1. The van der Waals surface area contributed by atoms with Gasteiger partial charge in [-0.25, -0.2) is 4.98 Å². The molecule has 5 nitrogen and oxygen atoms in total. The maximum absolute atomic E-state index is 13.1. The normalized spacial score (nSPS) is 19.0. The molecule has 1 aromatic heterocycles. The Kier molecular flexibility index (Phi) is 6.82. The van der Waals surface area contributed by atoms with E-state index in [9.17, 15) is 17.7 Å². The first-order chi connectivity index (χ1) is 13.4. The number of hydrogen-bond donors (Lipinski definition) is 1. The predicted molar refractivity (Wildman–Crippen MR) is 98.4 cm³/mol. The van der Waals surface area contributed by atoms with E-state index in [1.807, 2.05) is 4.90 Å². The Labute approximate surface area is 164 Å². The zero-order chi connectivity index (χ0) is 20.1. The molecule has 1 fully saturated rings. The third-order valence-electron chi connectivity index (χ3n) is 4.58. The van der Waals surface area contributed by atoms with Gasteiger partial charge < -0.3 is 14.4 Å². The minimum absolute atomic E-state index is 0.0289. The minimum Gasteiger partial charge on any atom is -0.610 e. The van der Waals surface area contributed by atoms with Gasteiger partial charge in [0.15, 0.2) is 0 Å². The summed E-state index contributed by atoms with van der Waals surface area (Å²) in [6.07, 6.45) is -2.78. The van der Waals surface area contributed by atoms with Crippen LogP contribution in [0.25, 0.3) is 0 Å². The van der Waals surface area contributed by atoms with Gasteiger partial charge in [-0.15, -0.1) is 0 Å². The second-order valence-corrected chi connectivity index (χ2v) is 8.16. The fraction of sp³-hybridized carbons (Fsp3) is 0.421. The number of ether oxygens (including phenoxy) is 1. The Morgan fingerprint density at radius 3 is 2.68 bits per heavy atom. The number of benzene rings is 1. The summed E-state index contributed by atoms with van der Waals surface area (Å²) in [6.45, 7) is 2.06. The highest BCUT2D eigenvalue weighted by molar-refractivity contribution is 7.92. The van der Waals surface area contributed by atoms with Crippen LogP contribution in [0.15, 0.2) is 47.6 Å². The lowest BCUT2D eigenvalue weighted by Crippen LogP contribution is -2.31. The van der Waals surface area contributed by atoms with Crippen LogP contribution < -0.4 is 4.74 Å². The molecule has 3 rings (SSSR count). The second-order valence-electron chi connectivity index (χ2n) is 6.51. The molecule has 2 aromatic rings. The number of nitrogens with zero attached hydrogens (tertiary/aromatic N) is 2. The standard InChI is InChI=1S/C19H21F3N2O3S/c20-19(21,22)17-2-1-8-23-18(17)28(26)16-7-9-24(12-16)10-11-27-15-5-3-14(13-25)4-6-15/h1-6,8,16,25H,7,9-13H2/t16-,28+/m0/s1. The van der Waals surface area contributed by atoms with Crippen molar-refractivity contribution in [2.75, 3.05) is 26.2 Å². The minimum atomic E-state index is -4.57. The average molecular weight is 414 g/mol. The van der Waals surface area contributed by atoms with Gasteiger partial charge in [0.25, 0.3) is 5.03 Å². The van der Waals surface area contributed by atoms with E-state index in [1.165, 1.54) is 12.3 Å². The van der Waals surface area contributed by atoms with Crippen LogP contribution in [0, 0.1) is 0 Å². The third-order valence-corrected chi connectivity index (χ3v) is 6.28. The molecule has 2 heterocycles. The Balaban J connectivity index is 1.52. The zero-order valence-electron chi connectivity index (χ0n) is 15.1. The Morgan fingerprint density at radius 1 is 1.25 bits per heavy atom. The van der Waals surface area contributed by atoms with Gasteiger partial charge in [0.1, 0.15) is 23.2 Å². The van der Waals surface area contributed by atoms with E-state index >= 15 is 0 Å². The molecule has 9 heteroatoms. The Hall–Kier alpha value is -1.81. The van der Waals surface area contributed by atoms with Gasteiger partial charge in [-0.05, 0) is 29.8 Å². The summed E-state index contributed by atoms with van der Waals surface area (Å²) >= 11 is -1.82. The number of alkyl halides is 3. The molecule has 0 unspecified atom stereocenters. The fourth-order valence-corrected chi connectivity index (χ4v) is 4.63. The summed E-state index contributed by atoms with van der Waals surface area (Å²) in [5.41, 5.74) is -0.133. The lowest BCUT2D eigenvalue weighted by molar-refractivity contribution is -0.140. The van der Waals surface area contributed by atoms with Crippen LogP contribution in [0.2, 0.25) is 0 Å². The molecule has 0 amide bonds. The monoisotopic (exact) mass is 414 g/mol. The molecule has 28 heavy (non-hydrogen) atoms. The van der Waals surface area contributed by atoms with Crippen molar-refractivity contribution in [1.29, 1.82) is 0 Å². The summed E-state index contributed by atoms with van der Waals surface area (Å²) in [6, 6.07) is 9.21. The molecule has 1 aliphatic rings.